The van der Waals surface area contributed by atoms with E-state index in [4.69, 9.17) is 4.74 Å². The second kappa shape index (κ2) is 7.65. The van der Waals surface area contributed by atoms with Crippen LogP contribution in [0, 0.1) is 20.8 Å². The van der Waals surface area contributed by atoms with Crippen molar-refractivity contribution < 1.29 is 14.9 Å². The van der Waals surface area contributed by atoms with Gasteiger partial charge in [0, 0.05) is 19.6 Å². The van der Waals surface area contributed by atoms with Crippen LogP contribution >= 0.6 is 0 Å². The fourth-order valence-corrected chi connectivity index (χ4v) is 3.18. The molecular formula is C19H31NO3. The molecule has 0 unspecified atom stereocenters. The van der Waals surface area contributed by atoms with Gasteiger partial charge in [-0.2, -0.15) is 0 Å². The van der Waals surface area contributed by atoms with Crippen molar-refractivity contribution in [3.63, 3.8) is 0 Å². The van der Waals surface area contributed by atoms with E-state index in [0.29, 0.717) is 13.2 Å². The second-order valence-corrected chi connectivity index (χ2v) is 7.00. The first-order valence-electron chi connectivity index (χ1n) is 8.67. The zero-order valence-corrected chi connectivity index (χ0v) is 14.9. The number of hydrogen-bond acceptors (Lipinski definition) is 4. The van der Waals surface area contributed by atoms with Crippen molar-refractivity contribution in [3.8, 4) is 5.75 Å². The fourth-order valence-electron chi connectivity index (χ4n) is 3.18. The summed E-state index contributed by atoms with van der Waals surface area (Å²) in [7, 11) is 0. The molecule has 4 heteroatoms. The van der Waals surface area contributed by atoms with Gasteiger partial charge in [0.15, 0.2) is 0 Å². The van der Waals surface area contributed by atoms with Crippen LogP contribution in [0.1, 0.15) is 42.9 Å². The molecule has 2 N–H and O–H groups in total. The summed E-state index contributed by atoms with van der Waals surface area (Å²) in [5.41, 5.74) is 2.94. The highest BCUT2D eigenvalue weighted by Crippen LogP contribution is 2.27. The molecule has 0 radical (unpaired) electrons. The largest absolute Gasteiger partial charge is 0.490 e. The van der Waals surface area contributed by atoms with Crippen molar-refractivity contribution in [3.05, 3.63) is 28.8 Å². The van der Waals surface area contributed by atoms with Crippen molar-refractivity contribution in [1.29, 1.82) is 0 Å². The Morgan fingerprint density at radius 1 is 1.17 bits per heavy atom. The SMILES string of the molecule is CCC1(O)CCN(C[C@H](O)COc2c(C)ccc(C)c2C)CC1. The summed E-state index contributed by atoms with van der Waals surface area (Å²) in [4.78, 5) is 2.22. The van der Waals surface area contributed by atoms with E-state index < -0.39 is 11.7 Å². The third-order valence-electron chi connectivity index (χ3n) is 5.21. The quantitative estimate of drug-likeness (QED) is 0.845. The summed E-state index contributed by atoms with van der Waals surface area (Å²) >= 11 is 0. The fraction of sp³-hybridized carbons (Fsp3) is 0.684. The molecule has 1 fully saturated rings. The number of hydrogen-bond donors (Lipinski definition) is 2. The number of piperidine rings is 1. The molecule has 1 atom stereocenters. The first-order valence-corrected chi connectivity index (χ1v) is 8.67. The van der Waals surface area contributed by atoms with Crippen molar-refractivity contribution >= 4 is 0 Å². The minimum atomic E-state index is -0.512. The van der Waals surface area contributed by atoms with Crippen LogP contribution in [0.5, 0.6) is 5.75 Å². The lowest BCUT2D eigenvalue weighted by Gasteiger charge is -2.38. The van der Waals surface area contributed by atoms with E-state index in [1.807, 2.05) is 13.8 Å². The Hall–Kier alpha value is -1.10. The lowest BCUT2D eigenvalue weighted by molar-refractivity contribution is -0.0352. The molecule has 4 nitrogen and oxygen atoms in total. The number of rotatable bonds is 6. The molecule has 0 aliphatic carbocycles. The molecule has 2 rings (SSSR count). The van der Waals surface area contributed by atoms with Crippen LogP contribution in [0.15, 0.2) is 12.1 Å². The molecule has 0 saturated carbocycles. The second-order valence-electron chi connectivity index (χ2n) is 7.00. The summed E-state index contributed by atoms with van der Waals surface area (Å²) in [5.74, 6) is 0.892. The molecule has 1 aromatic carbocycles. The Morgan fingerprint density at radius 2 is 1.78 bits per heavy atom. The Kier molecular flexibility index (Phi) is 6.06. The summed E-state index contributed by atoms with van der Waals surface area (Å²) in [6, 6.07) is 4.15. The summed E-state index contributed by atoms with van der Waals surface area (Å²) < 4.78 is 5.89. The van der Waals surface area contributed by atoms with Gasteiger partial charge in [-0.05, 0) is 56.7 Å². The van der Waals surface area contributed by atoms with Gasteiger partial charge in [0.25, 0.3) is 0 Å². The molecule has 0 amide bonds. The molecule has 0 aromatic heterocycles. The highest BCUT2D eigenvalue weighted by atomic mass is 16.5. The van der Waals surface area contributed by atoms with Crippen LogP contribution < -0.4 is 4.74 Å². The minimum Gasteiger partial charge on any atom is -0.490 e. The molecule has 1 aromatic rings. The van der Waals surface area contributed by atoms with Crippen LogP contribution in [-0.4, -0.2) is 53.1 Å². The number of likely N-dealkylation sites (tertiary alicyclic amines) is 1. The van der Waals surface area contributed by atoms with Crippen molar-refractivity contribution in [1.82, 2.24) is 4.90 Å². The summed E-state index contributed by atoms with van der Waals surface area (Å²) in [5, 5.41) is 20.5. The van der Waals surface area contributed by atoms with Gasteiger partial charge in [-0.15, -0.1) is 0 Å². The Bertz CT molecular complexity index is 522. The molecule has 0 spiro atoms. The molecule has 1 heterocycles. The maximum atomic E-state index is 10.3. The lowest BCUT2D eigenvalue weighted by Crippen LogP contribution is -2.47. The van der Waals surface area contributed by atoms with E-state index in [2.05, 4.69) is 30.9 Å². The van der Waals surface area contributed by atoms with Crippen molar-refractivity contribution in [2.45, 2.75) is 58.7 Å². The van der Waals surface area contributed by atoms with Crippen LogP contribution in [0.3, 0.4) is 0 Å². The van der Waals surface area contributed by atoms with Gasteiger partial charge in [-0.3, -0.25) is 0 Å². The van der Waals surface area contributed by atoms with E-state index in [1.54, 1.807) is 0 Å². The molecule has 130 valence electrons. The molecule has 1 aliphatic rings. The van der Waals surface area contributed by atoms with Gasteiger partial charge < -0.3 is 19.8 Å². The topological polar surface area (TPSA) is 52.9 Å². The molecule has 23 heavy (non-hydrogen) atoms. The number of ether oxygens (including phenoxy) is 1. The molecule has 0 bridgehead atoms. The maximum absolute atomic E-state index is 10.3. The van der Waals surface area contributed by atoms with Gasteiger partial charge in [0.1, 0.15) is 18.5 Å². The van der Waals surface area contributed by atoms with Crippen LogP contribution in [-0.2, 0) is 0 Å². The van der Waals surface area contributed by atoms with Crippen molar-refractivity contribution in [2.24, 2.45) is 0 Å². The van der Waals surface area contributed by atoms with Gasteiger partial charge in [0.2, 0.25) is 0 Å². The third-order valence-corrected chi connectivity index (χ3v) is 5.21. The molecular weight excluding hydrogens is 290 g/mol. The van der Waals surface area contributed by atoms with Crippen LogP contribution in [0.2, 0.25) is 0 Å². The molecule has 1 aliphatic heterocycles. The van der Waals surface area contributed by atoms with E-state index >= 15 is 0 Å². The first kappa shape index (κ1) is 18.2. The Balaban J connectivity index is 1.82. The molecule has 1 saturated heterocycles. The minimum absolute atomic E-state index is 0.305. The smallest absolute Gasteiger partial charge is 0.125 e. The van der Waals surface area contributed by atoms with Gasteiger partial charge in [0.05, 0.1) is 5.60 Å². The zero-order valence-electron chi connectivity index (χ0n) is 14.9. The average molecular weight is 321 g/mol. The number of aliphatic hydroxyl groups is 2. The highest BCUT2D eigenvalue weighted by molar-refractivity contribution is 5.44. The number of benzene rings is 1. The third kappa shape index (κ3) is 4.69. The van der Waals surface area contributed by atoms with E-state index in [0.717, 1.165) is 49.2 Å². The highest BCUT2D eigenvalue weighted by Gasteiger charge is 2.30. The van der Waals surface area contributed by atoms with Gasteiger partial charge in [-0.25, -0.2) is 0 Å². The monoisotopic (exact) mass is 321 g/mol. The average Bonchev–Trinajstić information content (AvgIpc) is 2.53. The predicted molar refractivity (Wildman–Crippen MR) is 93.1 cm³/mol. The maximum Gasteiger partial charge on any atom is 0.125 e. The van der Waals surface area contributed by atoms with Gasteiger partial charge >= 0.3 is 0 Å². The standard InChI is InChI=1S/C19H31NO3/c1-5-19(22)8-10-20(11-9-19)12-17(21)13-23-18-15(3)7-6-14(2)16(18)4/h6-7,17,21-22H,5,8-13H2,1-4H3/t17-/m0/s1. The normalized spacial score (nSPS) is 19.6. The lowest BCUT2D eigenvalue weighted by atomic mass is 9.89. The van der Waals surface area contributed by atoms with Crippen LogP contribution in [0.4, 0.5) is 0 Å². The summed E-state index contributed by atoms with van der Waals surface area (Å²) in [6.07, 6.45) is 1.86. The van der Waals surface area contributed by atoms with E-state index in [-0.39, 0.29) is 0 Å². The Labute approximate surface area is 140 Å². The van der Waals surface area contributed by atoms with E-state index in [9.17, 15) is 10.2 Å². The van der Waals surface area contributed by atoms with E-state index in [1.165, 1.54) is 5.56 Å². The number of aryl methyl sites for hydroxylation is 2. The van der Waals surface area contributed by atoms with Crippen LogP contribution in [0.25, 0.3) is 0 Å². The summed E-state index contributed by atoms with van der Waals surface area (Å²) in [6.45, 7) is 10.8. The Morgan fingerprint density at radius 3 is 2.39 bits per heavy atom. The predicted octanol–water partition coefficient (Wildman–Crippen LogP) is 2.59. The first-order chi connectivity index (χ1) is 10.8. The zero-order chi connectivity index (χ0) is 17.0. The van der Waals surface area contributed by atoms with Crippen molar-refractivity contribution in [2.75, 3.05) is 26.2 Å². The number of aliphatic hydroxyl groups excluding tert-OH is 1. The number of β-amino-alcohol motifs (C(OH)–C–C–N with tert-alkyl or cyclic N) is 1. The van der Waals surface area contributed by atoms with Gasteiger partial charge in [-0.1, -0.05) is 19.1 Å². The number of nitrogens with zero attached hydrogens (tertiary/aromatic N) is 1.